The van der Waals surface area contributed by atoms with Gasteiger partial charge in [-0.05, 0) is 27.6 Å². The van der Waals surface area contributed by atoms with E-state index in [0.29, 0.717) is 14.7 Å². The van der Waals surface area contributed by atoms with Gasteiger partial charge in [-0.15, -0.1) is 11.3 Å². The van der Waals surface area contributed by atoms with Gasteiger partial charge in [-0.2, -0.15) is 0 Å². The van der Waals surface area contributed by atoms with Crippen molar-refractivity contribution in [2.24, 2.45) is 0 Å². The van der Waals surface area contributed by atoms with Crippen molar-refractivity contribution in [3.05, 3.63) is 38.8 Å². The van der Waals surface area contributed by atoms with Crippen molar-refractivity contribution < 1.29 is 13.2 Å². The van der Waals surface area contributed by atoms with Gasteiger partial charge in [-0.3, -0.25) is 0 Å². The molecule has 0 aliphatic carbocycles. The average Bonchev–Trinajstić information content (AvgIpc) is 2.78. The van der Waals surface area contributed by atoms with Crippen molar-refractivity contribution in [1.82, 2.24) is 9.71 Å². The number of nitrogens with one attached hydrogen (secondary N) is 1. The van der Waals surface area contributed by atoms with Crippen LogP contribution in [0.2, 0.25) is 5.02 Å². The molecule has 0 bridgehead atoms. The molecule has 20 heavy (non-hydrogen) atoms. The van der Waals surface area contributed by atoms with Crippen molar-refractivity contribution in [3.63, 3.8) is 0 Å². The molecule has 0 fully saturated rings. The Kier molecular flexibility index (Phi) is 5.03. The molecule has 0 amide bonds. The van der Waals surface area contributed by atoms with Crippen molar-refractivity contribution in [2.75, 3.05) is 7.11 Å². The lowest BCUT2D eigenvalue weighted by atomic mass is 10.3. The van der Waals surface area contributed by atoms with Gasteiger partial charge in [-0.25, -0.2) is 18.1 Å². The minimum atomic E-state index is -3.58. The van der Waals surface area contributed by atoms with Gasteiger partial charge in [0, 0.05) is 18.8 Å². The molecule has 0 aliphatic rings. The summed E-state index contributed by atoms with van der Waals surface area (Å²) in [5, 5.41) is 0.376. The quantitative estimate of drug-likeness (QED) is 0.842. The highest BCUT2D eigenvalue weighted by Gasteiger charge is 2.18. The highest BCUT2D eigenvalue weighted by Crippen LogP contribution is 2.34. The SMILES string of the molecule is COc1ccc(CNS(=O)(=O)c2cc(Cl)c(Br)s2)cn1. The Bertz CT molecular complexity index is 681. The Labute approximate surface area is 134 Å². The van der Waals surface area contributed by atoms with Crippen LogP contribution in [0.1, 0.15) is 5.56 Å². The molecule has 0 aliphatic heterocycles. The second-order valence-electron chi connectivity index (χ2n) is 3.72. The predicted molar refractivity (Wildman–Crippen MR) is 81.8 cm³/mol. The zero-order chi connectivity index (χ0) is 14.8. The zero-order valence-electron chi connectivity index (χ0n) is 10.3. The fourth-order valence-electron chi connectivity index (χ4n) is 1.34. The van der Waals surface area contributed by atoms with Gasteiger partial charge in [0.2, 0.25) is 15.9 Å². The van der Waals surface area contributed by atoms with Crippen LogP contribution in [0.4, 0.5) is 0 Å². The van der Waals surface area contributed by atoms with Crippen LogP contribution in [-0.4, -0.2) is 20.5 Å². The van der Waals surface area contributed by atoms with E-state index >= 15 is 0 Å². The van der Waals surface area contributed by atoms with Gasteiger partial charge in [0.05, 0.1) is 15.9 Å². The standard InChI is InChI=1S/C11H10BrClN2O3S2/c1-18-9-3-2-7(5-14-9)6-15-20(16,17)10-4-8(13)11(12)19-10/h2-5,15H,6H2,1H3. The minimum absolute atomic E-state index is 0.145. The van der Waals surface area contributed by atoms with Crippen LogP contribution in [0.5, 0.6) is 5.88 Å². The van der Waals surface area contributed by atoms with E-state index in [1.54, 1.807) is 18.3 Å². The lowest BCUT2D eigenvalue weighted by Gasteiger charge is -2.05. The summed E-state index contributed by atoms with van der Waals surface area (Å²) in [6.45, 7) is 0.145. The summed E-state index contributed by atoms with van der Waals surface area (Å²) in [6, 6.07) is 4.82. The fourth-order valence-corrected chi connectivity index (χ4v) is 4.81. The van der Waals surface area contributed by atoms with Gasteiger partial charge in [0.25, 0.3) is 0 Å². The van der Waals surface area contributed by atoms with Gasteiger partial charge in [0.15, 0.2) is 0 Å². The highest BCUT2D eigenvalue weighted by atomic mass is 79.9. The van der Waals surface area contributed by atoms with E-state index in [1.807, 2.05) is 0 Å². The number of rotatable bonds is 5. The molecule has 5 nitrogen and oxygen atoms in total. The largest absolute Gasteiger partial charge is 0.481 e. The smallest absolute Gasteiger partial charge is 0.250 e. The van der Waals surface area contributed by atoms with Gasteiger partial charge in [-0.1, -0.05) is 17.7 Å². The van der Waals surface area contributed by atoms with E-state index < -0.39 is 10.0 Å². The van der Waals surface area contributed by atoms with E-state index in [9.17, 15) is 8.42 Å². The maximum absolute atomic E-state index is 12.1. The molecule has 0 saturated heterocycles. The van der Waals surface area contributed by atoms with Crippen LogP contribution in [0.15, 0.2) is 32.4 Å². The first-order valence-corrected chi connectivity index (χ1v) is 8.83. The third kappa shape index (κ3) is 3.70. The number of ether oxygens (including phenoxy) is 1. The molecule has 108 valence electrons. The highest BCUT2D eigenvalue weighted by molar-refractivity contribution is 9.11. The molecule has 2 aromatic rings. The number of halogens is 2. The summed E-state index contributed by atoms with van der Waals surface area (Å²) in [4.78, 5) is 4.01. The summed E-state index contributed by atoms with van der Waals surface area (Å²) in [5.41, 5.74) is 0.732. The van der Waals surface area contributed by atoms with E-state index in [1.165, 1.54) is 13.2 Å². The second-order valence-corrected chi connectivity index (χ2v) is 8.49. The molecule has 0 radical (unpaired) electrons. The normalized spacial score (nSPS) is 11.6. The lowest BCUT2D eigenvalue weighted by molar-refractivity contribution is 0.397. The average molecular weight is 398 g/mol. The zero-order valence-corrected chi connectivity index (χ0v) is 14.2. The van der Waals surface area contributed by atoms with Gasteiger partial charge in [0.1, 0.15) is 4.21 Å². The van der Waals surface area contributed by atoms with Crippen LogP contribution in [-0.2, 0) is 16.6 Å². The van der Waals surface area contributed by atoms with Crippen LogP contribution in [0.25, 0.3) is 0 Å². The third-order valence-corrected chi connectivity index (χ3v) is 6.71. The summed E-state index contributed by atoms with van der Waals surface area (Å²) in [6.07, 6.45) is 1.55. The third-order valence-electron chi connectivity index (χ3n) is 2.36. The molecular formula is C11H10BrClN2O3S2. The lowest BCUT2D eigenvalue weighted by Crippen LogP contribution is -2.22. The number of aromatic nitrogens is 1. The molecule has 0 unspecified atom stereocenters. The Morgan fingerprint density at radius 1 is 1.50 bits per heavy atom. The first-order valence-electron chi connectivity index (χ1n) is 5.36. The molecule has 2 heterocycles. The number of thiophene rings is 1. The molecule has 0 aromatic carbocycles. The first kappa shape index (κ1) is 15.7. The van der Waals surface area contributed by atoms with Crippen LogP contribution in [0.3, 0.4) is 0 Å². The molecule has 0 saturated carbocycles. The number of nitrogens with zero attached hydrogens (tertiary/aromatic N) is 1. The van der Waals surface area contributed by atoms with E-state index in [2.05, 4.69) is 25.6 Å². The Morgan fingerprint density at radius 2 is 2.25 bits per heavy atom. The first-order chi connectivity index (χ1) is 9.42. The van der Waals surface area contributed by atoms with Crippen LogP contribution in [0, 0.1) is 0 Å². The molecular weight excluding hydrogens is 388 g/mol. The molecule has 1 N–H and O–H groups in total. The minimum Gasteiger partial charge on any atom is -0.481 e. The summed E-state index contributed by atoms with van der Waals surface area (Å²) in [7, 11) is -2.06. The maximum Gasteiger partial charge on any atom is 0.250 e. The van der Waals surface area contributed by atoms with Crippen molar-refractivity contribution in [3.8, 4) is 5.88 Å². The number of hydrogen-bond acceptors (Lipinski definition) is 5. The van der Waals surface area contributed by atoms with Crippen LogP contribution < -0.4 is 9.46 Å². The molecule has 2 rings (SSSR count). The van der Waals surface area contributed by atoms with Crippen molar-refractivity contribution in [1.29, 1.82) is 0 Å². The molecule has 9 heteroatoms. The number of pyridine rings is 1. The molecule has 0 atom stereocenters. The van der Waals surface area contributed by atoms with E-state index in [0.717, 1.165) is 16.9 Å². The summed E-state index contributed by atoms with van der Waals surface area (Å²) in [5.74, 6) is 0.477. The van der Waals surface area contributed by atoms with Crippen molar-refractivity contribution in [2.45, 2.75) is 10.8 Å². The van der Waals surface area contributed by atoms with Crippen LogP contribution >= 0.6 is 38.9 Å². The van der Waals surface area contributed by atoms with Gasteiger partial charge < -0.3 is 4.74 Å². The van der Waals surface area contributed by atoms with E-state index in [-0.39, 0.29) is 10.8 Å². The monoisotopic (exact) mass is 396 g/mol. The number of methoxy groups -OCH3 is 1. The summed E-state index contributed by atoms with van der Waals surface area (Å²) < 4.78 is 32.3. The maximum atomic E-state index is 12.1. The molecule has 0 spiro atoms. The topological polar surface area (TPSA) is 68.3 Å². The summed E-state index contributed by atoms with van der Waals surface area (Å²) >= 11 is 10.1. The Hall–Kier alpha value is -0.670. The van der Waals surface area contributed by atoms with Crippen molar-refractivity contribution >= 4 is 48.9 Å². The molecule has 2 aromatic heterocycles. The number of sulfonamides is 1. The predicted octanol–water partition coefficient (Wildman–Crippen LogP) is 3.05. The fraction of sp³-hybridized carbons (Fsp3) is 0.182. The van der Waals surface area contributed by atoms with E-state index in [4.69, 9.17) is 16.3 Å². The Morgan fingerprint density at radius 3 is 2.75 bits per heavy atom. The van der Waals surface area contributed by atoms with Gasteiger partial charge >= 0.3 is 0 Å². The number of hydrogen-bond donors (Lipinski definition) is 1. The Balaban J connectivity index is 2.08. The second kappa shape index (κ2) is 6.40.